The van der Waals surface area contributed by atoms with Crippen molar-refractivity contribution >= 4 is 35.1 Å². The number of hydrogen-bond donors (Lipinski definition) is 3. The smallest absolute Gasteiger partial charge is 0.338 e. The summed E-state index contributed by atoms with van der Waals surface area (Å²) in [6, 6.07) is 9.55. The van der Waals surface area contributed by atoms with E-state index in [1.807, 2.05) is 6.07 Å². The molecule has 0 saturated carbocycles. The molecule has 32 heavy (non-hydrogen) atoms. The highest BCUT2D eigenvalue weighted by Crippen LogP contribution is 2.23. The SMILES string of the molecule is O=C(O)c1ccc(-n2ccc(C(=O)NCCCc3ccc(Cl)c(Cl)c3)c(O)c2=O)cc1F. The maximum atomic E-state index is 13.9. The number of aryl methyl sites for hydroxylation is 1. The fraction of sp³-hybridized carbons (Fsp3) is 0.136. The van der Waals surface area contributed by atoms with Gasteiger partial charge in [-0.2, -0.15) is 0 Å². The predicted octanol–water partition coefficient (Wildman–Crippen LogP) is 4.05. The van der Waals surface area contributed by atoms with Gasteiger partial charge in [0.05, 0.1) is 26.9 Å². The van der Waals surface area contributed by atoms with Gasteiger partial charge in [-0.15, -0.1) is 0 Å². The Hall–Kier alpha value is -3.36. The van der Waals surface area contributed by atoms with E-state index in [9.17, 15) is 23.9 Å². The van der Waals surface area contributed by atoms with Crippen molar-refractivity contribution in [2.24, 2.45) is 0 Å². The first-order chi connectivity index (χ1) is 15.2. The number of hydrogen-bond acceptors (Lipinski definition) is 4. The summed E-state index contributed by atoms with van der Waals surface area (Å²) in [5, 5.41) is 22.6. The zero-order valence-corrected chi connectivity index (χ0v) is 18.0. The van der Waals surface area contributed by atoms with Crippen LogP contribution in [0.3, 0.4) is 0 Å². The van der Waals surface area contributed by atoms with Crippen molar-refractivity contribution in [3.63, 3.8) is 0 Å². The Kier molecular flexibility index (Phi) is 7.17. The molecule has 0 aliphatic rings. The fourth-order valence-electron chi connectivity index (χ4n) is 3.02. The molecule has 0 fully saturated rings. The molecule has 0 aliphatic carbocycles. The number of amides is 1. The molecule has 2 aromatic carbocycles. The quantitative estimate of drug-likeness (QED) is 0.443. The summed E-state index contributed by atoms with van der Waals surface area (Å²) in [5.74, 6) is -3.94. The maximum Gasteiger partial charge on any atom is 0.338 e. The van der Waals surface area contributed by atoms with E-state index in [0.717, 1.165) is 22.3 Å². The topological polar surface area (TPSA) is 109 Å². The highest BCUT2D eigenvalue weighted by molar-refractivity contribution is 6.42. The largest absolute Gasteiger partial charge is 0.502 e. The van der Waals surface area contributed by atoms with Crippen molar-refractivity contribution in [1.29, 1.82) is 0 Å². The lowest BCUT2D eigenvalue weighted by Crippen LogP contribution is -2.28. The zero-order valence-electron chi connectivity index (χ0n) is 16.4. The van der Waals surface area contributed by atoms with Gasteiger partial charge in [0, 0.05) is 12.7 Å². The lowest BCUT2D eigenvalue weighted by molar-refractivity contribution is 0.0691. The number of rotatable bonds is 7. The molecule has 0 unspecified atom stereocenters. The first-order valence-corrected chi connectivity index (χ1v) is 10.1. The van der Waals surface area contributed by atoms with Gasteiger partial charge in [-0.05, 0) is 54.8 Å². The van der Waals surface area contributed by atoms with Gasteiger partial charge in [0.15, 0.2) is 5.75 Å². The van der Waals surface area contributed by atoms with E-state index in [-0.39, 0.29) is 17.8 Å². The van der Waals surface area contributed by atoms with Crippen LogP contribution < -0.4 is 10.9 Å². The van der Waals surface area contributed by atoms with Gasteiger partial charge >= 0.3 is 5.97 Å². The lowest BCUT2D eigenvalue weighted by Gasteiger charge is -2.11. The number of carbonyl (C=O) groups excluding carboxylic acids is 1. The van der Waals surface area contributed by atoms with Crippen LogP contribution in [0.2, 0.25) is 10.0 Å². The summed E-state index contributed by atoms with van der Waals surface area (Å²) in [5.41, 5.74) is -0.788. The van der Waals surface area contributed by atoms with E-state index in [0.29, 0.717) is 22.9 Å². The summed E-state index contributed by atoms with van der Waals surface area (Å²) in [6.07, 6.45) is 2.40. The van der Waals surface area contributed by atoms with Gasteiger partial charge in [0.1, 0.15) is 5.82 Å². The van der Waals surface area contributed by atoms with Crippen LogP contribution in [-0.2, 0) is 6.42 Å². The van der Waals surface area contributed by atoms with Crippen molar-refractivity contribution in [2.45, 2.75) is 12.8 Å². The molecule has 3 aromatic rings. The van der Waals surface area contributed by atoms with Gasteiger partial charge in [0.2, 0.25) is 0 Å². The van der Waals surface area contributed by atoms with Crippen molar-refractivity contribution in [3.05, 3.63) is 91.6 Å². The molecule has 0 bridgehead atoms. The van der Waals surface area contributed by atoms with Crippen LogP contribution in [0.4, 0.5) is 4.39 Å². The van der Waals surface area contributed by atoms with Crippen LogP contribution in [0.5, 0.6) is 5.75 Å². The van der Waals surface area contributed by atoms with E-state index >= 15 is 0 Å². The van der Waals surface area contributed by atoms with Crippen molar-refractivity contribution in [3.8, 4) is 11.4 Å². The van der Waals surface area contributed by atoms with Crippen LogP contribution in [0.1, 0.15) is 32.7 Å². The van der Waals surface area contributed by atoms with Gasteiger partial charge in [-0.25, -0.2) is 9.18 Å². The predicted molar refractivity (Wildman–Crippen MR) is 118 cm³/mol. The highest BCUT2D eigenvalue weighted by atomic mass is 35.5. The molecule has 166 valence electrons. The van der Waals surface area contributed by atoms with Crippen molar-refractivity contribution < 1.29 is 24.2 Å². The Morgan fingerprint density at radius 2 is 1.78 bits per heavy atom. The van der Waals surface area contributed by atoms with Gasteiger partial charge in [-0.3, -0.25) is 14.2 Å². The van der Waals surface area contributed by atoms with Crippen LogP contribution in [0.25, 0.3) is 5.69 Å². The minimum absolute atomic E-state index is 0.00128. The third kappa shape index (κ3) is 5.09. The van der Waals surface area contributed by atoms with E-state index < -0.39 is 34.6 Å². The molecule has 3 N–H and O–H groups in total. The van der Waals surface area contributed by atoms with E-state index in [1.54, 1.807) is 12.1 Å². The monoisotopic (exact) mass is 478 g/mol. The van der Waals surface area contributed by atoms with Crippen LogP contribution in [-0.4, -0.2) is 33.2 Å². The number of nitrogens with one attached hydrogen (secondary N) is 1. The minimum atomic E-state index is -1.45. The average Bonchev–Trinajstić information content (AvgIpc) is 2.75. The first kappa shape index (κ1) is 23.3. The summed E-state index contributed by atoms with van der Waals surface area (Å²) in [6.45, 7) is 0.281. The molecule has 0 atom stereocenters. The number of aromatic hydroxyl groups is 1. The lowest BCUT2D eigenvalue weighted by atomic mass is 10.1. The number of benzene rings is 2. The summed E-state index contributed by atoms with van der Waals surface area (Å²) < 4.78 is 14.8. The Balaban J connectivity index is 1.68. The molecule has 3 rings (SSSR count). The van der Waals surface area contributed by atoms with Gasteiger partial charge < -0.3 is 15.5 Å². The molecule has 0 aliphatic heterocycles. The molecule has 1 heterocycles. The van der Waals surface area contributed by atoms with Crippen LogP contribution >= 0.6 is 23.2 Å². The van der Waals surface area contributed by atoms with Crippen LogP contribution in [0, 0.1) is 5.82 Å². The van der Waals surface area contributed by atoms with Crippen molar-refractivity contribution in [2.75, 3.05) is 6.54 Å². The molecule has 1 aromatic heterocycles. The third-order valence-corrected chi connectivity index (χ3v) is 5.42. The number of carboxylic acids is 1. The summed E-state index contributed by atoms with van der Waals surface area (Å²) in [4.78, 5) is 35.8. The molecule has 0 spiro atoms. The Morgan fingerprint density at radius 3 is 2.44 bits per heavy atom. The molecule has 0 radical (unpaired) electrons. The third-order valence-electron chi connectivity index (χ3n) is 4.68. The Bertz CT molecular complexity index is 1260. The molecule has 1 amide bonds. The average molecular weight is 479 g/mol. The number of aromatic carboxylic acids is 1. The van der Waals surface area contributed by atoms with E-state index in [2.05, 4.69) is 5.32 Å². The van der Waals surface area contributed by atoms with E-state index in [4.69, 9.17) is 28.3 Å². The molecular weight excluding hydrogens is 462 g/mol. The second kappa shape index (κ2) is 9.84. The van der Waals surface area contributed by atoms with E-state index in [1.165, 1.54) is 18.3 Å². The standard InChI is InChI=1S/C22H17Cl2FN2O5/c23-16-6-3-12(10-17(16)24)2-1-8-26-20(29)15-7-9-27(21(30)19(15)28)13-4-5-14(22(31)32)18(25)11-13/h3-7,9-11,28H,1-2,8H2,(H,26,29)(H,31,32). The van der Waals surface area contributed by atoms with Gasteiger partial charge in [0.25, 0.3) is 11.5 Å². The summed E-state index contributed by atoms with van der Waals surface area (Å²) in [7, 11) is 0. The normalized spacial score (nSPS) is 10.7. The molecule has 7 nitrogen and oxygen atoms in total. The number of pyridine rings is 1. The number of nitrogens with zero attached hydrogens (tertiary/aromatic N) is 1. The van der Waals surface area contributed by atoms with Crippen LogP contribution in [0.15, 0.2) is 53.5 Å². The molecular formula is C22H17Cl2FN2O5. The fourth-order valence-corrected chi connectivity index (χ4v) is 3.34. The van der Waals surface area contributed by atoms with Gasteiger partial charge in [-0.1, -0.05) is 29.3 Å². The number of halogens is 3. The second-order valence-corrected chi connectivity index (χ2v) is 7.64. The first-order valence-electron chi connectivity index (χ1n) is 9.39. The number of carbonyl (C=O) groups is 2. The van der Waals surface area contributed by atoms with Crippen molar-refractivity contribution in [1.82, 2.24) is 9.88 Å². The number of carboxylic acid groups (broad SMARTS) is 1. The second-order valence-electron chi connectivity index (χ2n) is 6.83. The highest BCUT2D eigenvalue weighted by Gasteiger charge is 2.17. The number of aromatic nitrogens is 1. The minimum Gasteiger partial charge on any atom is -0.502 e. The molecule has 0 saturated heterocycles. The Morgan fingerprint density at radius 1 is 1.03 bits per heavy atom. The summed E-state index contributed by atoms with van der Waals surface area (Å²) >= 11 is 11.8. The molecule has 10 heteroatoms. The maximum absolute atomic E-state index is 13.9. The Labute approximate surface area is 191 Å². The zero-order chi connectivity index (χ0) is 23.4.